The van der Waals surface area contributed by atoms with Gasteiger partial charge in [0.05, 0.1) is 11.6 Å². The van der Waals surface area contributed by atoms with Crippen LogP contribution in [0, 0.1) is 5.92 Å². The zero-order valence-corrected chi connectivity index (χ0v) is 26.7. The molecular formula is C44H34N4. The van der Waals surface area contributed by atoms with Gasteiger partial charge in [-0.25, -0.2) is 15.0 Å². The molecule has 1 aliphatic heterocycles. The second-order valence-electron chi connectivity index (χ2n) is 13.0. The molecule has 0 radical (unpaired) electrons. The third kappa shape index (κ3) is 4.80. The molecule has 2 heterocycles. The average Bonchev–Trinajstić information content (AvgIpc) is 3.43. The van der Waals surface area contributed by atoms with E-state index in [1.165, 1.54) is 27.6 Å². The smallest absolute Gasteiger partial charge is 0.164 e. The first-order chi connectivity index (χ1) is 23.6. The molecule has 0 amide bonds. The fourth-order valence-corrected chi connectivity index (χ4v) is 7.70. The van der Waals surface area contributed by atoms with Crippen LogP contribution in [0.4, 0.5) is 5.69 Å². The molecule has 0 spiro atoms. The maximum absolute atomic E-state index is 5.04. The largest absolute Gasteiger partial charge is 0.355 e. The van der Waals surface area contributed by atoms with Gasteiger partial charge in [-0.2, -0.15) is 0 Å². The lowest BCUT2D eigenvalue weighted by atomic mass is 9.79. The van der Waals surface area contributed by atoms with E-state index >= 15 is 0 Å². The van der Waals surface area contributed by atoms with Crippen LogP contribution in [-0.4, -0.2) is 26.5 Å². The van der Waals surface area contributed by atoms with Crippen LogP contribution in [0.15, 0.2) is 169 Å². The Labute approximate surface area is 281 Å². The topological polar surface area (TPSA) is 41.9 Å². The van der Waals surface area contributed by atoms with Gasteiger partial charge in [-0.1, -0.05) is 134 Å². The Kier molecular flexibility index (Phi) is 6.75. The van der Waals surface area contributed by atoms with Crippen LogP contribution in [0.5, 0.6) is 0 Å². The van der Waals surface area contributed by atoms with Gasteiger partial charge in [0.25, 0.3) is 0 Å². The van der Waals surface area contributed by atoms with Gasteiger partial charge in [0, 0.05) is 28.3 Å². The molecule has 0 saturated carbocycles. The summed E-state index contributed by atoms with van der Waals surface area (Å²) in [7, 11) is 0. The zero-order chi connectivity index (χ0) is 32.1. The number of hydrogen-bond donors (Lipinski definition) is 0. The predicted octanol–water partition coefficient (Wildman–Crippen LogP) is 10.3. The van der Waals surface area contributed by atoms with Crippen molar-refractivity contribution in [3.63, 3.8) is 0 Å². The lowest BCUT2D eigenvalue weighted by Gasteiger charge is -2.41. The maximum Gasteiger partial charge on any atom is 0.164 e. The van der Waals surface area contributed by atoms with Crippen molar-refractivity contribution in [3.8, 4) is 45.3 Å². The first kappa shape index (κ1) is 28.4. The Morgan fingerprint density at radius 1 is 0.583 bits per heavy atom. The summed E-state index contributed by atoms with van der Waals surface area (Å²) in [5.41, 5.74) is 7.81. The van der Waals surface area contributed by atoms with E-state index < -0.39 is 0 Å². The Morgan fingerprint density at radius 2 is 1.19 bits per heavy atom. The van der Waals surface area contributed by atoms with Gasteiger partial charge >= 0.3 is 0 Å². The number of aromatic nitrogens is 3. The minimum Gasteiger partial charge on any atom is -0.355 e. The quantitative estimate of drug-likeness (QED) is 0.193. The van der Waals surface area contributed by atoms with Crippen molar-refractivity contribution in [2.45, 2.75) is 24.9 Å². The highest BCUT2D eigenvalue weighted by Crippen LogP contribution is 2.50. The summed E-state index contributed by atoms with van der Waals surface area (Å²) in [6.07, 6.45) is 16.9. The first-order valence-electron chi connectivity index (χ1n) is 16.7. The zero-order valence-electron chi connectivity index (χ0n) is 26.7. The van der Waals surface area contributed by atoms with Gasteiger partial charge in [0.2, 0.25) is 0 Å². The lowest BCUT2D eigenvalue weighted by molar-refractivity contribution is 0.494. The fourth-order valence-electron chi connectivity index (χ4n) is 7.70. The summed E-state index contributed by atoms with van der Waals surface area (Å²) in [6, 6.07) is 42.9. The van der Waals surface area contributed by atoms with E-state index in [1.54, 1.807) is 0 Å². The van der Waals surface area contributed by atoms with E-state index in [0.29, 0.717) is 29.4 Å². The second kappa shape index (κ2) is 11.4. The number of rotatable bonds is 5. The van der Waals surface area contributed by atoms with Gasteiger partial charge in [-0.15, -0.1) is 0 Å². The molecule has 0 bridgehead atoms. The summed E-state index contributed by atoms with van der Waals surface area (Å²) in [5.74, 6) is 2.35. The lowest BCUT2D eigenvalue weighted by Crippen LogP contribution is -2.47. The molecule has 4 heteroatoms. The Morgan fingerprint density at radius 3 is 1.92 bits per heavy atom. The third-order valence-electron chi connectivity index (χ3n) is 10.1. The van der Waals surface area contributed by atoms with Crippen LogP contribution in [0.3, 0.4) is 0 Å². The molecule has 3 aliphatic rings. The minimum absolute atomic E-state index is 0.112. The van der Waals surface area contributed by atoms with Crippen molar-refractivity contribution in [1.29, 1.82) is 0 Å². The van der Waals surface area contributed by atoms with Gasteiger partial charge in [0.1, 0.15) is 0 Å². The summed E-state index contributed by atoms with van der Waals surface area (Å²) in [5, 5.41) is 2.48. The van der Waals surface area contributed by atoms with Crippen LogP contribution in [0.2, 0.25) is 0 Å². The van der Waals surface area contributed by atoms with Crippen LogP contribution in [0.1, 0.15) is 13.3 Å². The van der Waals surface area contributed by atoms with Gasteiger partial charge in [-0.3, -0.25) is 0 Å². The van der Waals surface area contributed by atoms with E-state index in [2.05, 4.69) is 157 Å². The van der Waals surface area contributed by atoms with Crippen LogP contribution < -0.4 is 4.90 Å². The number of anilines is 1. The van der Waals surface area contributed by atoms with Crippen molar-refractivity contribution in [3.05, 3.63) is 169 Å². The molecule has 230 valence electrons. The van der Waals surface area contributed by atoms with Crippen molar-refractivity contribution in [2.24, 2.45) is 5.92 Å². The third-order valence-corrected chi connectivity index (χ3v) is 10.1. The number of fused-ring (bicyclic) bond motifs is 4. The number of nitrogens with zero attached hydrogens (tertiary/aromatic N) is 4. The average molecular weight is 619 g/mol. The molecule has 2 aliphatic carbocycles. The van der Waals surface area contributed by atoms with E-state index in [9.17, 15) is 0 Å². The Hall–Kier alpha value is -5.87. The van der Waals surface area contributed by atoms with Gasteiger partial charge < -0.3 is 4.90 Å². The molecule has 4 nitrogen and oxygen atoms in total. The summed E-state index contributed by atoms with van der Waals surface area (Å²) in [4.78, 5) is 17.6. The van der Waals surface area contributed by atoms with E-state index in [1.807, 2.05) is 18.2 Å². The standard InChI is InChI=1S/C44H34N4/c1-44-28-10-9-16-39(44)38-15-7-8-17-40(38)48(44)37-26-24-34(25-27-37)43-46-41(32-12-3-2-4-13-32)45-42(47-43)33-21-18-31(19-22-33)36-23-20-30-11-5-6-14-35(30)29-36/h2-16,18-29,39-40H,17H2,1H3. The second-order valence-corrected chi connectivity index (χ2v) is 13.0. The monoisotopic (exact) mass is 618 g/mol. The minimum atomic E-state index is -0.112. The highest BCUT2D eigenvalue weighted by Gasteiger charge is 2.51. The number of benzene rings is 5. The number of hydrogen-bond acceptors (Lipinski definition) is 4. The molecule has 1 aromatic heterocycles. The van der Waals surface area contributed by atoms with E-state index in [-0.39, 0.29) is 5.54 Å². The first-order valence-corrected chi connectivity index (χ1v) is 16.7. The highest BCUT2D eigenvalue weighted by atomic mass is 15.3. The highest BCUT2D eigenvalue weighted by molar-refractivity contribution is 5.87. The van der Waals surface area contributed by atoms with Crippen molar-refractivity contribution in [2.75, 3.05) is 4.90 Å². The molecule has 48 heavy (non-hydrogen) atoms. The molecule has 0 N–H and O–H groups in total. The van der Waals surface area contributed by atoms with Gasteiger partial charge in [0.15, 0.2) is 17.5 Å². The van der Waals surface area contributed by atoms with Gasteiger partial charge in [-0.05, 0) is 71.1 Å². The SMILES string of the molecule is CC12C=CC=CC1C1=CC=CCC1N2c1ccc(-c2nc(-c3ccccc3)nc(-c3ccc(-c4ccc5ccccc5c4)cc3)n2)cc1. The Bertz CT molecular complexity index is 2280. The molecule has 1 fully saturated rings. The molecule has 5 aromatic carbocycles. The number of allylic oxidation sites excluding steroid dienone is 4. The summed E-state index contributed by atoms with van der Waals surface area (Å²) >= 11 is 0. The normalized spacial score (nSPS) is 20.9. The van der Waals surface area contributed by atoms with E-state index in [4.69, 9.17) is 15.0 Å². The van der Waals surface area contributed by atoms with Crippen molar-refractivity contribution >= 4 is 16.5 Å². The molecule has 9 rings (SSSR count). The van der Waals surface area contributed by atoms with Crippen molar-refractivity contribution < 1.29 is 0 Å². The molecule has 3 atom stereocenters. The maximum atomic E-state index is 5.04. The molecular weight excluding hydrogens is 585 g/mol. The fraction of sp³-hybridized carbons (Fsp3) is 0.114. The molecule has 3 unspecified atom stereocenters. The van der Waals surface area contributed by atoms with Crippen LogP contribution in [0.25, 0.3) is 56.1 Å². The van der Waals surface area contributed by atoms with Crippen LogP contribution in [-0.2, 0) is 0 Å². The summed E-state index contributed by atoms with van der Waals surface area (Å²) < 4.78 is 0. The molecule has 1 saturated heterocycles. The Balaban J connectivity index is 1.08. The van der Waals surface area contributed by atoms with Crippen molar-refractivity contribution in [1.82, 2.24) is 15.0 Å². The summed E-state index contributed by atoms with van der Waals surface area (Å²) in [6.45, 7) is 2.36. The van der Waals surface area contributed by atoms with E-state index in [0.717, 1.165) is 28.7 Å². The van der Waals surface area contributed by atoms with Crippen LogP contribution >= 0.6 is 0 Å². The predicted molar refractivity (Wildman–Crippen MR) is 197 cm³/mol. The molecule has 6 aromatic rings.